The van der Waals surface area contributed by atoms with Crippen LogP contribution < -0.4 is 10.9 Å². The van der Waals surface area contributed by atoms with Crippen molar-refractivity contribution >= 4 is 39.2 Å². The monoisotopic (exact) mass is 421 g/mol. The van der Waals surface area contributed by atoms with E-state index >= 15 is 0 Å². The van der Waals surface area contributed by atoms with Gasteiger partial charge in [0.2, 0.25) is 5.91 Å². The molecule has 0 spiro atoms. The maximum atomic E-state index is 13.1. The number of amides is 1. The van der Waals surface area contributed by atoms with Crippen LogP contribution in [0.1, 0.15) is 62.8 Å². The van der Waals surface area contributed by atoms with Gasteiger partial charge in [0.1, 0.15) is 4.83 Å². The van der Waals surface area contributed by atoms with Crippen LogP contribution in [0.2, 0.25) is 0 Å². The van der Waals surface area contributed by atoms with E-state index in [-0.39, 0.29) is 17.5 Å². The fourth-order valence-corrected chi connectivity index (χ4v) is 5.75. The third-order valence-corrected chi connectivity index (χ3v) is 7.86. The molecule has 0 aromatic carbocycles. The lowest BCUT2D eigenvalue weighted by atomic mass is 9.86. The van der Waals surface area contributed by atoms with Crippen molar-refractivity contribution in [1.82, 2.24) is 14.9 Å². The van der Waals surface area contributed by atoms with E-state index in [9.17, 15) is 9.59 Å². The zero-order chi connectivity index (χ0) is 20.3. The van der Waals surface area contributed by atoms with Gasteiger partial charge in [-0.3, -0.25) is 14.2 Å². The van der Waals surface area contributed by atoms with E-state index in [1.165, 1.54) is 31.0 Å². The maximum absolute atomic E-state index is 13.1. The first-order valence-corrected chi connectivity index (χ1v) is 12.1. The largest absolute Gasteiger partial charge is 0.352 e. The van der Waals surface area contributed by atoms with E-state index < -0.39 is 0 Å². The van der Waals surface area contributed by atoms with Gasteiger partial charge in [0.05, 0.1) is 11.1 Å². The Labute approximate surface area is 175 Å². The molecule has 1 amide bonds. The second-order valence-electron chi connectivity index (χ2n) is 7.89. The summed E-state index contributed by atoms with van der Waals surface area (Å²) in [7, 11) is 0. The highest BCUT2D eigenvalue weighted by atomic mass is 32.2. The van der Waals surface area contributed by atoms with Gasteiger partial charge in [-0.05, 0) is 44.6 Å². The number of hydrogen-bond donors (Lipinski definition) is 1. The Hall–Kier alpha value is -1.34. The molecule has 1 aliphatic carbocycles. The standard InChI is InChI=1S/C21H31N3O2S2/c1-5-6-11-24-20(26)18-14(3)15(4)28-19(18)23-21(24)27-12-17(25)22-16-10-8-7-9-13(16)2/h13,16H,5-12H2,1-4H3,(H,22,25)/t13-,16+/m0/s1. The maximum Gasteiger partial charge on any atom is 0.263 e. The van der Waals surface area contributed by atoms with Crippen molar-refractivity contribution in [3.8, 4) is 0 Å². The van der Waals surface area contributed by atoms with Gasteiger partial charge in [-0.25, -0.2) is 4.98 Å². The number of thiophene rings is 1. The quantitative estimate of drug-likeness (QED) is 0.521. The van der Waals surface area contributed by atoms with E-state index in [0.29, 0.717) is 23.4 Å². The zero-order valence-corrected chi connectivity index (χ0v) is 19.0. The Morgan fingerprint density at radius 2 is 2.07 bits per heavy atom. The summed E-state index contributed by atoms with van der Waals surface area (Å²) >= 11 is 2.95. The third-order valence-electron chi connectivity index (χ3n) is 5.78. The minimum atomic E-state index is 0.0316. The van der Waals surface area contributed by atoms with E-state index in [1.807, 2.05) is 13.8 Å². The second-order valence-corrected chi connectivity index (χ2v) is 10.0. The van der Waals surface area contributed by atoms with Crippen LogP contribution in [0, 0.1) is 19.8 Å². The summed E-state index contributed by atoms with van der Waals surface area (Å²) in [6, 6.07) is 0.280. The number of unbranched alkanes of at least 4 members (excludes halogenated alkanes) is 1. The second kappa shape index (κ2) is 9.44. The molecular formula is C21H31N3O2S2. The molecule has 28 heavy (non-hydrogen) atoms. The van der Waals surface area contributed by atoms with Crippen LogP contribution in [0.5, 0.6) is 0 Å². The van der Waals surface area contributed by atoms with Gasteiger partial charge in [0.25, 0.3) is 5.56 Å². The van der Waals surface area contributed by atoms with Crippen LogP contribution in [0.3, 0.4) is 0 Å². The van der Waals surface area contributed by atoms with Crippen LogP contribution in [0.15, 0.2) is 9.95 Å². The van der Waals surface area contributed by atoms with Crippen LogP contribution in [-0.4, -0.2) is 27.3 Å². The van der Waals surface area contributed by atoms with Crippen LogP contribution in [-0.2, 0) is 11.3 Å². The molecule has 0 saturated heterocycles. The molecule has 2 aromatic heterocycles. The van der Waals surface area contributed by atoms with Crippen molar-refractivity contribution in [1.29, 1.82) is 0 Å². The molecule has 0 bridgehead atoms. The predicted octanol–water partition coefficient (Wildman–Crippen LogP) is 4.66. The van der Waals surface area contributed by atoms with Gasteiger partial charge in [-0.1, -0.05) is 44.9 Å². The number of hydrogen-bond acceptors (Lipinski definition) is 5. The molecule has 1 aliphatic rings. The SMILES string of the molecule is CCCCn1c(SCC(=O)N[C@@H]2CCCC[C@@H]2C)nc2sc(C)c(C)c2c1=O. The molecule has 5 nitrogen and oxygen atoms in total. The minimum absolute atomic E-state index is 0.0316. The molecule has 2 heterocycles. The number of aromatic nitrogens is 2. The molecule has 2 atom stereocenters. The average molecular weight is 422 g/mol. The first-order valence-electron chi connectivity index (χ1n) is 10.3. The number of carbonyl (C=O) groups is 1. The molecule has 0 aliphatic heterocycles. The Kier molecular flexibility index (Phi) is 7.20. The summed E-state index contributed by atoms with van der Waals surface area (Å²) in [5.74, 6) is 0.882. The van der Waals surface area contributed by atoms with Crippen LogP contribution in [0.4, 0.5) is 0 Å². The summed E-state index contributed by atoms with van der Waals surface area (Å²) in [4.78, 5) is 32.3. The molecule has 3 rings (SSSR count). The van der Waals surface area contributed by atoms with Crippen molar-refractivity contribution in [3.05, 3.63) is 20.8 Å². The van der Waals surface area contributed by atoms with Crippen molar-refractivity contribution in [2.24, 2.45) is 5.92 Å². The fraction of sp³-hybridized carbons (Fsp3) is 0.667. The van der Waals surface area contributed by atoms with Crippen molar-refractivity contribution in [2.45, 2.75) is 84.0 Å². The van der Waals surface area contributed by atoms with Gasteiger partial charge in [0, 0.05) is 17.5 Å². The van der Waals surface area contributed by atoms with E-state index in [0.717, 1.165) is 39.9 Å². The van der Waals surface area contributed by atoms with Crippen LogP contribution in [0.25, 0.3) is 10.2 Å². The normalized spacial score (nSPS) is 19.9. The number of rotatable bonds is 7. The number of thioether (sulfide) groups is 1. The van der Waals surface area contributed by atoms with Crippen LogP contribution >= 0.6 is 23.1 Å². The highest BCUT2D eigenvalue weighted by Gasteiger charge is 2.23. The van der Waals surface area contributed by atoms with Crippen molar-refractivity contribution < 1.29 is 4.79 Å². The number of fused-ring (bicyclic) bond motifs is 1. The molecule has 1 saturated carbocycles. The van der Waals surface area contributed by atoms with Gasteiger partial charge in [-0.2, -0.15) is 0 Å². The molecule has 1 N–H and O–H groups in total. The molecule has 0 radical (unpaired) electrons. The van der Waals surface area contributed by atoms with Gasteiger partial charge >= 0.3 is 0 Å². The number of nitrogens with one attached hydrogen (secondary N) is 1. The lowest BCUT2D eigenvalue weighted by molar-refractivity contribution is -0.119. The summed E-state index contributed by atoms with van der Waals surface area (Å²) in [5, 5.41) is 4.60. The third kappa shape index (κ3) is 4.62. The number of aryl methyl sites for hydroxylation is 2. The Morgan fingerprint density at radius 1 is 1.32 bits per heavy atom. The Bertz CT molecular complexity index is 903. The van der Waals surface area contributed by atoms with Gasteiger partial charge < -0.3 is 5.32 Å². The zero-order valence-electron chi connectivity index (χ0n) is 17.3. The number of carbonyl (C=O) groups excluding carboxylic acids is 1. The lowest BCUT2D eigenvalue weighted by Crippen LogP contribution is -2.41. The molecule has 7 heteroatoms. The smallest absolute Gasteiger partial charge is 0.263 e. The summed E-state index contributed by atoms with van der Waals surface area (Å²) in [6.07, 6.45) is 6.63. The van der Waals surface area contributed by atoms with E-state index in [2.05, 4.69) is 19.2 Å². The highest BCUT2D eigenvalue weighted by Crippen LogP contribution is 2.29. The van der Waals surface area contributed by atoms with E-state index in [4.69, 9.17) is 4.98 Å². The molecule has 2 aromatic rings. The Balaban J connectivity index is 1.79. The van der Waals surface area contributed by atoms with E-state index in [1.54, 1.807) is 15.9 Å². The lowest BCUT2D eigenvalue weighted by Gasteiger charge is -2.29. The topological polar surface area (TPSA) is 64.0 Å². The van der Waals surface area contributed by atoms with Crippen molar-refractivity contribution in [3.63, 3.8) is 0 Å². The summed E-state index contributed by atoms with van der Waals surface area (Å²) in [5.41, 5.74) is 1.06. The fourth-order valence-electron chi connectivity index (χ4n) is 3.84. The predicted molar refractivity (Wildman–Crippen MR) is 119 cm³/mol. The summed E-state index contributed by atoms with van der Waals surface area (Å²) < 4.78 is 1.77. The first-order chi connectivity index (χ1) is 13.4. The molecular weight excluding hydrogens is 390 g/mol. The number of nitrogens with zero attached hydrogens (tertiary/aromatic N) is 2. The summed E-state index contributed by atoms with van der Waals surface area (Å²) in [6.45, 7) is 9.01. The average Bonchev–Trinajstić information content (AvgIpc) is 2.95. The molecule has 1 fully saturated rings. The minimum Gasteiger partial charge on any atom is -0.352 e. The van der Waals surface area contributed by atoms with Gasteiger partial charge in [0.15, 0.2) is 5.16 Å². The molecule has 0 unspecified atom stereocenters. The Morgan fingerprint density at radius 3 is 2.79 bits per heavy atom. The molecule has 154 valence electrons. The van der Waals surface area contributed by atoms with Crippen molar-refractivity contribution in [2.75, 3.05) is 5.75 Å². The highest BCUT2D eigenvalue weighted by molar-refractivity contribution is 7.99. The van der Waals surface area contributed by atoms with Gasteiger partial charge in [-0.15, -0.1) is 11.3 Å². The first kappa shape index (κ1) is 21.4.